The van der Waals surface area contributed by atoms with Gasteiger partial charge in [0.05, 0.1) is 17.5 Å². The van der Waals surface area contributed by atoms with Gasteiger partial charge in [0.2, 0.25) is 17.8 Å². The lowest BCUT2D eigenvalue weighted by Gasteiger charge is -2.34. The number of hydrogen-bond acceptors (Lipinski definition) is 9. The van der Waals surface area contributed by atoms with Crippen LogP contribution in [0.1, 0.15) is 57.7 Å². The Morgan fingerprint density at radius 1 is 1.11 bits per heavy atom. The molecule has 38 heavy (non-hydrogen) atoms. The zero-order chi connectivity index (χ0) is 26.9. The third kappa shape index (κ3) is 5.52. The molecule has 13 nitrogen and oxygen atoms in total. The van der Waals surface area contributed by atoms with Gasteiger partial charge in [-0.2, -0.15) is 4.68 Å². The number of aliphatic hydroxyl groups excluding tert-OH is 1. The Hall–Kier alpha value is -3.87. The number of likely N-dealkylation sites (tertiary alicyclic amines) is 1. The van der Waals surface area contributed by atoms with Gasteiger partial charge in [0.15, 0.2) is 0 Å². The highest BCUT2D eigenvalue weighted by Crippen LogP contribution is 2.40. The summed E-state index contributed by atoms with van der Waals surface area (Å²) in [6, 6.07) is 8.04. The van der Waals surface area contributed by atoms with Crippen LogP contribution < -0.4 is 10.6 Å². The Morgan fingerprint density at radius 2 is 1.87 bits per heavy atom. The molecule has 0 radical (unpaired) electrons. The Bertz CT molecular complexity index is 1260. The fourth-order valence-corrected chi connectivity index (χ4v) is 4.84. The van der Waals surface area contributed by atoms with E-state index in [1.54, 1.807) is 9.36 Å². The maximum Gasteiger partial charge on any atom is 0.248 e. The third-order valence-electron chi connectivity index (χ3n) is 6.88. The van der Waals surface area contributed by atoms with Crippen molar-refractivity contribution in [2.45, 2.75) is 64.1 Å². The first-order valence-electron chi connectivity index (χ1n) is 13.0. The van der Waals surface area contributed by atoms with Crippen molar-refractivity contribution < 1.29 is 14.7 Å². The van der Waals surface area contributed by atoms with Crippen LogP contribution in [0, 0.1) is 5.41 Å². The minimum atomic E-state index is -0.776. The number of carbonyl (C=O) groups is 2. The first-order valence-corrected chi connectivity index (χ1v) is 13.0. The van der Waals surface area contributed by atoms with Gasteiger partial charge in [-0.1, -0.05) is 49.3 Å². The van der Waals surface area contributed by atoms with E-state index in [0.29, 0.717) is 18.4 Å². The molecule has 5 rings (SSSR count). The zero-order valence-corrected chi connectivity index (χ0v) is 21.9. The van der Waals surface area contributed by atoms with E-state index < -0.39 is 23.6 Å². The maximum absolute atomic E-state index is 13.8. The average Bonchev–Trinajstić information content (AvgIpc) is 3.25. The second kappa shape index (κ2) is 10.5. The Balaban J connectivity index is 1.21. The largest absolute Gasteiger partial charge is 0.391 e. The second-order valence-electron chi connectivity index (χ2n) is 11.0. The van der Waals surface area contributed by atoms with Crippen LogP contribution in [0.4, 0.5) is 5.95 Å². The number of para-hydroxylation sites is 1. The quantitative estimate of drug-likeness (QED) is 0.348. The van der Waals surface area contributed by atoms with Crippen molar-refractivity contribution in [3.05, 3.63) is 42.2 Å². The predicted molar refractivity (Wildman–Crippen MR) is 137 cm³/mol. The summed E-state index contributed by atoms with van der Waals surface area (Å²) < 4.78 is 3.19. The van der Waals surface area contributed by atoms with Crippen molar-refractivity contribution in [3.63, 3.8) is 0 Å². The van der Waals surface area contributed by atoms with Crippen LogP contribution in [0.3, 0.4) is 0 Å². The fraction of sp³-hybridized carbons (Fsp3) is 0.560. The van der Waals surface area contributed by atoms with Crippen molar-refractivity contribution in [2.75, 3.05) is 25.0 Å². The number of β-amino-alcohol motifs (C(OH)–C–C–N with tert-alkyl or cyclic N) is 1. The van der Waals surface area contributed by atoms with Crippen LogP contribution in [0.25, 0.3) is 5.69 Å². The summed E-state index contributed by atoms with van der Waals surface area (Å²) in [5, 5.41) is 36.7. The smallest absolute Gasteiger partial charge is 0.248 e. The topological polar surface area (TPSA) is 156 Å². The summed E-state index contributed by atoms with van der Waals surface area (Å²) in [5.74, 6) is 0.299. The average molecular weight is 523 g/mol. The first-order chi connectivity index (χ1) is 18.2. The molecule has 13 heteroatoms. The van der Waals surface area contributed by atoms with Crippen molar-refractivity contribution in [1.82, 2.24) is 45.4 Å². The number of benzene rings is 1. The monoisotopic (exact) mass is 522 g/mol. The lowest BCUT2D eigenvalue weighted by molar-refractivity contribution is -0.144. The molecule has 1 aliphatic carbocycles. The molecule has 0 bridgehead atoms. The van der Waals surface area contributed by atoms with Gasteiger partial charge in [0, 0.05) is 38.2 Å². The number of carbonyl (C=O) groups excluding carboxylic acids is 2. The molecule has 1 aromatic carbocycles. The molecule has 3 N–H and O–H groups in total. The molecule has 0 spiro atoms. The summed E-state index contributed by atoms with van der Waals surface area (Å²) in [7, 11) is 0. The summed E-state index contributed by atoms with van der Waals surface area (Å²) >= 11 is 0. The predicted octanol–water partition coefficient (Wildman–Crippen LogP) is 0.909. The molecular weight excluding hydrogens is 488 g/mol. The summed E-state index contributed by atoms with van der Waals surface area (Å²) in [5.41, 5.74) is 1.23. The van der Waals surface area contributed by atoms with Gasteiger partial charge in [-0.25, -0.2) is 4.68 Å². The normalized spacial score (nSPS) is 20.4. The van der Waals surface area contributed by atoms with E-state index in [9.17, 15) is 14.7 Å². The molecule has 1 saturated carbocycles. The van der Waals surface area contributed by atoms with Gasteiger partial charge in [-0.05, 0) is 40.8 Å². The summed E-state index contributed by atoms with van der Waals surface area (Å²) in [6.45, 7) is 6.64. The molecule has 1 saturated heterocycles. The molecular formula is C25H34N10O3. The van der Waals surface area contributed by atoms with Crippen LogP contribution in [0.5, 0.6) is 0 Å². The van der Waals surface area contributed by atoms with E-state index in [-0.39, 0.29) is 31.3 Å². The number of aromatic nitrogens is 7. The van der Waals surface area contributed by atoms with E-state index in [1.807, 2.05) is 57.3 Å². The van der Waals surface area contributed by atoms with Crippen LogP contribution in [-0.4, -0.2) is 88.8 Å². The Labute approximate surface area is 220 Å². The van der Waals surface area contributed by atoms with Gasteiger partial charge >= 0.3 is 0 Å². The molecule has 1 unspecified atom stereocenters. The molecule has 3 atom stereocenters. The van der Waals surface area contributed by atoms with Crippen LogP contribution >= 0.6 is 0 Å². The molecule has 2 amide bonds. The van der Waals surface area contributed by atoms with E-state index in [1.165, 1.54) is 4.90 Å². The number of anilines is 1. The summed E-state index contributed by atoms with van der Waals surface area (Å²) in [4.78, 5) is 28.4. The number of amides is 2. The van der Waals surface area contributed by atoms with Gasteiger partial charge in [-0.15, -0.1) is 5.10 Å². The molecule has 3 heterocycles. The molecule has 2 fully saturated rings. The number of aliphatic hydroxyl groups is 1. The maximum atomic E-state index is 13.8. The molecule has 202 valence electrons. The zero-order valence-electron chi connectivity index (χ0n) is 21.9. The minimum absolute atomic E-state index is 0.0950. The van der Waals surface area contributed by atoms with Crippen LogP contribution in [0.15, 0.2) is 36.5 Å². The highest BCUT2D eigenvalue weighted by atomic mass is 16.3. The molecule has 2 aliphatic rings. The van der Waals surface area contributed by atoms with E-state index in [0.717, 1.165) is 24.2 Å². The van der Waals surface area contributed by atoms with Gasteiger partial charge in [-0.3, -0.25) is 9.59 Å². The Morgan fingerprint density at radius 3 is 2.58 bits per heavy atom. The highest BCUT2D eigenvalue weighted by molar-refractivity contribution is 5.90. The SMILES string of the molecule is CC(C)(C)[C@@H](C(=O)N1CC(O)C[C@H]1C(=O)NCCNc1nnnn1-c1ccccc1)n1cc(C2CC2)nn1. The van der Waals surface area contributed by atoms with Crippen molar-refractivity contribution in [1.29, 1.82) is 0 Å². The van der Waals surface area contributed by atoms with E-state index in [4.69, 9.17) is 0 Å². The van der Waals surface area contributed by atoms with Crippen molar-refractivity contribution >= 4 is 17.8 Å². The van der Waals surface area contributed by atoms with Gasteiger partial charge in [0.25, 0.3) is 0 Å². The molecule has 1 aliphatic heterocycles. The molecule has 2 aromatic heterocycles. The van der Waals surface area contributed by atoms with Gasteiger partial charge in [0.1, 0.15) is 12.1 Å². The summed E-state index contributed by atoms with van der Waals surface area (Å²) in [6.07, 6.45) is 3.43. The second-order valence-corrected chi connectivity index (χ2v) is 11.0. The Kier molecular flexibility index (Phi) is 7.11. The highest BCUT2D eigenvalue weighted by Gasteiger charge is 2.45. The van der Waals surface area contributed by atoms with Crippen LogP contribution in [-0.2, 0) is 9.59 Å². The van der Waals surface area contributed by atoms with E-state index in [2.05, 4.69) is 36.5 Å². The lowest BCUT2D eigenvalue weighted by atomic mass is 9.85. The van der Waals surface area contributed by atoms with Crippen LogP contribution in [0.2, 0.25) is 0 Å². The molecule has 3 aromatic rings. The lowest BCUT2D eigenvalue weighted by Crippen LogP contribution is -2.50. The number of rotatable bonds is 9. The van der Waals surface area contributed by atoms with Crippen molar-refractivity contribution in [3.8, 4) is 5.69 Å². The van der Waals surface area contributed by atoms with E-state index >= 15 is 0 Å². The number of nitrogens with zero attached hydrogens (tertiary/aromatic N) is 8. The third-order valence-corrected chi connectivity index (χ3v) is 6.88. The number of tetrazole rings is 1. The first kappa shape index (κ1) is 25.8. The van der Waals surface area contributed by atoms with Crippen molar-refractivity contribution in [2.24, 2.45) is 5.41 Å². The number of hydrogen-bond donors (Lipinski definition) is 3. The van der Waals surface area contributed by atoms with Gasteiger partial charge < -0.3 is 20.6 Å². The minimum Gasteiger partial charge on any atom is -0.391 e. The fourth-order valence-electron chi connectivity index (χ4n) is 4.84. The standard InChI is InChI=1S/C25H34N10O3/c1-25(2,3)21(34-15-19(28-31-34)16-9-10-16)23(38)33-14-18(36)13-20(33)22(37)26-11-12-27-24-29-30-32-35(24)17-7-5-4-6-8-17/h4-8,15-16,18,20-21,36H,9-14H2,1-3H3,(H,26,37)(H,27,29,32)/t18?,20-,21+/m0/s1. The number of nitrogens with one attached hydrogen (secondary N) is 2.